The number of ether oxygens (including phenoxy) is 4. The maximum absolute atomic E-state index is 13.2. The molecule has 11 heteroatoms. The van der Waals surface area contributed by atoms with Gasteiger partial charge in [-0.15, -0.1) is 0 Å². The molecule has 236 valence electrons. The minimum atomic E-state index is -1.15. The Morgan fingerprint density at radius 1 is 1.14 bits per heavy atom. The Morgan fingerprint density at radius 2 is 1.81 bits per heavy atom. The van der Waals surface area contributed by atoms with Gasteiger partial charge in [-0.05, 0) is 65.3 Å². The zero-order chi connectivity index (χ0) is 30.6. The molecule has 0 aromatic heterocycles. The maximum atomic E-state index is 13.2. The number of epoxide rings is 1. The van der Waals surface area contributed by atoms with Gasteiger partial charge in [0, 0.05) is 30.2 Å². The molecule has 42 heavy (non-hydrogen) atoms. The quantitative estimate of drug-likeness (QED) is 0.181. The molecule has 3 unspecified atom stereocenters. The van der Waals surface area contributed by atoms with Gasteiger partial charge in [-0.2, -0.15) is 0 Å². The first-order valence-electron chi connectivity index (χ1n) is 15.1. The van der Waals surface area contributed by atoms with Crippen LogP contribution in [0.1, 0.15) is 75.1 Å². The summed E-state index contributed by atoms with van der Waals surface area (Å²) in [5, 5.41) is 22.4. The number of carbonyl (C=O) groups is 3. The van der Waals surface area contributed by atoms with Gasteiger partial charge in [-0.25, -0.2) is 0 Å². The van der Waals surface area contributed by atoms with Crippen LogP contribution in [0.4, 0.5) is 0 Å². The van der Waals surface area contributed by atoms with Gasteiger partial charge in [0.05, 0.1) is 30.8 Å². The van der Waals surface area contributed by atoms with Crippen LogP contribution in [0.5, 0.6) is 0 Å². The first-order valence-corrected chi connectivity index (χ1v) is 15.1. The number of aliphatic hydroxyl groups excluding tert-OH is 2. The molecule has 0 aliphatic carbocycles. The topological polar surface area (TPSA) is 135 Å². The first kappa shape index (κ1) is 37.5. The summed E-state index contributed by atoms with van der Waals surface area (Å²) in [6.45, 7) is 11.3. The van der Waals surface area contributed by atoms with E-state index in [0.717, 1.165) is 6.29 Å². The van der Waals surface area contributed by atoms with Crippen LogP contribution in [0, 0.1) is 23.7 Å². The van der Waals surface area contributed by atoms with E-state index in [1.165, 1.54) is 0 Å². The number of cyclic esters (lactones) is 1. The van der Waals surface area contributed by atoms with Crippen LogP contribution in [0.25, 0.3) is 0 Å². The number of likely N-dealkylation sites (N-methyl/N-ethyl adjacent to an activating group) is 1. The van der Waals surface area contributed by atoms with Crippen LogP contribution in [0.2, 0.25) is 0 Å². The summed E-state index contributed by atoms with van der Waals surface area (Å²) in [4.78, 5) is 40.0. The second kappa shape index (κ2) is 16.0. The van der Waals surface area contributed by atoms with Gasteiger partial charge < -0.3 is 40.3 Å². The van der Waals surface area contributed by atoms with E-state index in [1.807, 2.05) is 53.6 Å². The van der Waals surface area contributed by atoms with E-state index in [4.69, 9.17) is 18.9 Å². The van der Waals surface area contributed by atoms with Crippen molar-refractivity contribution in [1.29, 1.82) is 0 Å². The number of carbonyl (C=O) groups excluding carboxylic acids is 3. The molecule has 2 N–H and O–H groups in total. The molecule has 10 nitrogen and oxygen atoms in total. The molecule has 0 bridgehead atoms. The van der Waals surface area contributed by atoms with Crippen molar-refractivity contribution in [3.8, 4) is 0 Å². The summed E-state index contributed by atoms with van der Waals surface area (Å²) in [5.74, 6) is -2.32. The smallest absolute Gasteiger partial charge is 1.00 e. The Labute approximate surface area is 274 Å². The fourth-order valence-corrected chi connectivity index (χ4v) is 6.50. The molecule has 0 radical (unpaired) electrons. The Hall–Kier alpha value is -0.690. The van der Waals surface area contributed by atoms with Crippen molar-refractivity contribution in [3.05, 3.63) is 12.2 Å². The molecule has 2 saturated heterocycles. The average Bonchev–Trinajstić information content (AvgIpc) is 3.60. The summed E-state index contributed by atoms with van der Waals surface area (Å²) < 4.78 is 24.2. The molecule has 0 aromatic rings. The summed E-state index contributed by atoms with van der Waals surface area (Å²) in [5.41, 5.74) is -0.637. The Balaban J connectivity index is 0.00000462. The van der Waals surface area contributed by atoms with Crippen molar-refractivity contribution in [2.75, 3.05) is 14.1 Å². The molecule has 0 amide bonds. The molecule has 3 rings (SSSR count). The molecule has 0 aromatic carbocycles. The zero-order valence-corrected chi connectivity index (χ0v) is 28.9. The molecule has 3 aliphatic rings. The SMILES string of the molecule is CCC1OC(=O)C[C@@H](O)[C@H](C)[C@@H](O[C@@H]2O[C@H](C)C[C@H](N(C)C)[C@H]2O)[C@@H](CC=O)C[C@@H](C)C(=O)/C=C/[C@]2(C)OC2C1C.[H-].[Na+]. The second-order valence-corrected chi connectivity index (χ2v) is 12.9. The Morgan fingerprint density at radius 3 is 2.40 bits per heavy atom. The Kier molecular flexibility index (Phi) is 14.3. The third-order valence-electron chi connectivity index (χ3n) is 9.29. The van der Waals surface area contributed by atoms with Crippen LogP contribution >= 0.6 is 0 Å². The number of aliphatic hydroxyl groups is 2. The summed E-state index contributed by atoms with van der Waals surface area (Å²) in [6.07, 6.45) is 0.627. The van der Waals surface area contributed by atoms with Crippen LogP contribution < -0.4 is 29.6 Å². The van der Waals surface area contributed by atoms with Gasteiger partial charge in [0.2, 0.25) is 0 Å². The van der Waals surface area contributed by atoms with Crippen molar-refractivity contribution < 1.29 is 74.5 Å². The predicted octanol–water partition coefficient (Wildman–Crippen LogP) is -0.213. The summed E-state index contributed by atoms with van der Waals surface area (Å²) in [6, 6.07) is -0.219. The van der Waals surface area contributed by atoms with Crippen molar-refractivity contribution in [3.63, 3.8) is 0 Å². The van der Waals surface area contributed by atoms with E-state index in [-0.39, 0.29) is 73.8 Å². The summed E-state index contributed by atoms with van der Waals surface area (Å²) in [7, 11) is 3.76. The number of nitrogens with zero attached hydrogens (tertiary/aromatic N) is 1. The van der Waals surface area contributed by atoms with Crippen LogP contribution in [-0.2, 0) is 33.3 Å². The standard InChI is InChI=1S/C31H51NO9.Na.H/c1-9-25-20(5)29-31(6,41-29)12-10-23(34)17(2)14-21(11-13-33)28(19(4)24(35)16-26(36)39-25)40-30-27(37)22(32(7)8)15-18(3)38-30;;/h10,12-13,17-22,24-25,27-30,35,37H,9,11,14-16H2,1-8H3;;/q;+1;-1/b12-10+;;/t17-,18-,19+,20?,21+,22+,24-,25?,27-,28-,29?,30+,31+;;/m1../s1. The first-order chi connectivity index (χ1) is 19.2. The number of aldehydes is 1. The second-order valence-electron chi connectivity index (χ2n) is 12.9. The van der Waals surface area contributed by atoms with Crippen LogP contribution in [0.15, 0.2) is 12.2 Å². The van der Waals surface area contributed by atoms with Crippen LogP contribution in [0.3, 0.4) is 0 Å². The molecule has 13 atom stereocenters. The molecule has 0 saturated carbocycles. The number of allylic oxidation sites excluding steroid dienone is 1. The van der Waals surface area contributed by atoms with Crippen molar-refractivity contribution in [2.45, 2.75) is 128 Å². The fraction of sp³-hybridized carbons (Fsp3) is 0.839. The van der Waals surface area contributed by atoms with Crippen molar-refractivity contribution in [2.24, 2.45) is 23.7 Å². The number of fused-ring (bicyclic) bond motifs is 1. The van der Waals surface area contributed by atoms with E-state index < -0.39 is 60.0 Å². The average molecular weight is 606 g/mol. The number of ketones is 1. The number of esters is 1. The van der Waals surface area contributed by atoms with Crippen molar-refractivity contribution in [1.82, 2.24) is 4.90 Å². The molecular formula is C31H52NNaO9. The van der Waals surface area contributed by atoms with Crippen molar-refractivity contribution >= 4 is 18.0 Å². The van der Waals surface area contributed by atoms with Crippen LogP contribution in [-0.4, -0.2) is 102 Å². The number of rotatable bonds is 6. The van der Waals surface area contributed by atoms with E-state index in [0.29, 0.717) is 19.3 Å². The van der Waals surface area contributed by atoms with Gasteiger partial charge in [0.15, 0.2) is 12.1 Å². The molecule has 3 aliphatic heterocycles. The Bertz CT molecular complexity index is 954. The van der Waals surface area contributed by atoms with E-state index in [2.05, 4.69) is 0 Å². The number of hydrogen-bond donors (Lipinski definition) is 2. The van der Waals surface area contributed by atoms with Gasteiger partial charge >= 0.3 is 35.5 Å². The maximum Gasteiger partial charge on any atom is 1.00 e. The zero-order valence-electron chi connectivity index (χ0n) is 27.9. The van der Waals surface area contributed by atoms with Gasteiger partial charge in [-0.3, -0.25) is 9.59 Å². The van der Waals surface area contributed by atoms with E-state index in [9.17, 15) is 24.6 Å². The summed E-state index contributed by atoms with van der Waals surface area (Å²) >= 11 is 0. The minimum Gasteiger partial charge on any atom is -1.00 e. The third-order valence-corrected chi connectivity index (χ3v) is 9.29. The van der Waals surface area contributed by atoms with E-state index in [1.54, 1.807) is 19.1 Å². The van der Waals surface area contributed by atoms with Gasteiger partial charge in [-0.1, -0.05) is 27.7 Å². The van der Waals surface area contributed by atoms with Gasteiger partial charge in [0.1, 0.15) is 24.1 Å². The third kappa shape index (κ3) is 9.17. The molecule has 0 spiro atoms. The van der Waals surface area contributed by atoms with E-state index >= 15 is 0 Å². The minimum absolute atomic E-state index is 0. The normalized spacial score (nSPS) is 44.5. The molecule has 2 fully saturated rings. The molecule has 3 heterocycles. The largest absolute Gasteiger partial charge is 1.00 e. The number of hydrogen-bond acceptors (Lipinski definition) is 10. The predicted molar refractivity (Wildman–Crippen MR) is 153 cm³/mol. The molecular weight excluding hydrogens is 553 g/mol. The fourth-order valence-electron chi connectivity index (χ4n) is 6.50. The monoisotopic (exact) mass is 605 g/mol. The van der Waals surface area contributed by atoms with Gasteiger partial charge in [0.25, 0.3) is 0 Å².